The molecular formula is C10H7ClN2O4. The van der Waals surface area contributed by atoms with Crippen LogP contribution in [0.15, 0.2) is 36.0 Å². The summed E-state index contributed by atoms with van der Waals surface area (Å²) < 4.78 is 0. The van der Waals surface area contributed by atoms with E-state index in [0.717, 1.165) is 6.08 Å². The van der Waals surface area contributed by atoms with Gasteiger partial charge in [0.05, 0.1) is 11.6 Å². The lowest BCUT2D eigenvalue weighted by Crippen LogP contribution is -2.40. The first-order valence-electron chi connectivity index (χ1n) is 4.39. The monoisotopic (exact) mass is 254 g/mol. The Labute approximate surface area is 101 Å². The number of nitriles is 1. The van der Waals surface area contributed by atoms with E-state index in [2.05, 4.69) is 6.58 Å². The Morgan fingerprint density at radius 3 is 2.76 bits per heavy atom. The maximum atomic E-state index is 10.9. The third-order valence-electron chi connectivity index (χ3n) is 2.34. The number of nitrogens with zero attached hydrogens (tertiary/aromatic N) is 2. The van der Waals surface area contributed by atoms with Crippen molar-refractivity contribution >= 4 is 17.6 Å². The summed E-state index contributed by atoms with van der Waals surface area (Å²) in [5.74, 6) is -2.75. The smallest absolute Gasteiger partial charge is 0.335 e. The quantitative estimate of drug-likeness (QED) is 0.270. The van der Waals surface area contributed by atoms with Crippen LogP contribution >= 0.6 is 11.6 Å². The summed E-state index contributed by atoms with van der Waals surface area (Å²) in [6.07, 6.45) is 3.57. The lowest BCUT2D eigenvalue weighted by Gasteiger charge is -2.24. The third kappa shape index (κ3) is 2.05. The molecule has 0 fully saturated rings. The van der Waals surface area contributed by atoms with Crippen LogP contribution < -0.4 is 0 Å². The van der Waals surface area contributed by atoms with Gasteiger partial charge in [-0.2, -0.15) is 5.26 Å². The molecule has 0 radical (unpaired) electrons. The summed E-state index contributed by atoms with van der Waals surface area (Å²) in [4.78, 5) is 18.6. The van der Waals surface area contributed by atoms with Crippen molar-refractivity contribution in [2.75, 3.05) is 0 Å². The average Bonchev–Trinajstić information content (AvgIpc) is 2.27. The van der Waals surface area contributed by atoms with Crippen molar-refractivity contribution in [1.29, 1.82) is 5.26 Å². The highest BCUT2D eigenvalue weighted by atomic mass is 35.5. The van der Waals surface area contributed by atoms with Gasteiger partial charge in [-0.15, -0.1) is 0 Å². The van der Waals surface area contributed by atoms with Gasteiger partial charge in [-0.1, -0.05) is 18.7 Å². The fraction of sp³-hybridized carbons (Fsp3) is 0.200. The van der Waals surface area contributed by atoms with Crippen LogP contribution in [0.5, 0.6) is 0 Å². The number of carbonyl (C=O) groups is 1. The third-order valence-corrected chi connectivity index (χ3v) is 2.82. The normalized spacial score (nSPS) is 26.8. The number of carboxylic acid groups (broad SMARTS) is 1. The highest BCUT2D eigenvalue weighted by molar-refractivity contribution is 6.24. The number of halogens is 1. The molecule has 0 aromatic rings. The summed E-state index contributed by atoms with van der Waals surface area (Å²) in [5, 5.41) is 28.5. The van der Waals surface area contributed by atoms with Crippen LogP contribution in [0, 0.1) is 27.4 Å². The second-order valence-corrected chi connectivity index (χ2v) is 3.92. The predicted octanol–water partition coefficient (Wildman–Crippen LogP) is 1.47. The van der Waals surface area contributed by atoms with E-state index in [1.807, 2.05) is 0 Å². The molecule has 2 atom stereocenters. The zero-order chi connectivity index (χ0) is 13.2. The zero-order valence-corrected chi connectivity index (χ0v) is 9.22. The van der Waals surface area contributed by atoms with E-state index >= 15 is 0 Å². The van der Waals surface area contributed by atoms with Crippen LogP contribution in [0.4, 0.5) is 0 Å². The Bertz CT molecular complexity index is 503. The van der Waals surface area contributed by atoms with Crippen molar-refractivity contribution in [3.8, 4) is 6.07 Å². The van der Waals surface area contributed by atoms with Crippen LogP contribution in [0.1, 0.15) is 0 Å². The van der Waals surface area contributed by atoms with Crippen molar-refractivity contribution in [1.82, 2.24) is 0 Å². The molecule has 0 heterocycles. The molecule has 0 spiro atoms. The molecule has 2 unspecified atom stereocenters. The van der Waals surface area contributed by atoms with Gasteiger partial charge in [-0.3, -0.25) is 10.1 Å². The molecule has 0 amide bonds. The highest BCUT2D eigenvalue weighted by Gasteiger charge is 2.51. The second-order valence-electron chi connectivity index (χ2n) is 3.31. The molecule has 0 bridgehead atoms. The summed E-state index contributed by atoms with van der Waals surface area (Å²) in [6.45, 7) is 3.27. The number of allylic oxidation sites excluding steroid dienone is 2. The fourth-order valence-electron chi connectivity index (χ4n) is 1.42. The van der Waals surface area contributed by atoms with Crippen molar-refractivity contribution in [2.24, 2.45) is 5.92 Å². The van der Waals surface area contributed by atoms with E-state index in [9.17, 15) is 14.9 Å². The molecule has 1 aliphatic rings. The van der Waals surface area contributed by atoms with Gasteiger partial charge in [0.15, 0.2) is 5.92 Å². The minimum atomic E-state index is -2.16. The van der Waals surface area contributed by atoms with Gasteiger partial charge in [0.2, 0.25) is 0 Å². The van der Waals surface area contributed by atoms with Gasteiger partial charge in [0.1, 0.15) is 0 Å². The van der Waals surface area contributed by atoms with Crippen molar-refractivity contribution < 1.29 is 14.8 Å². The first kappa shape index (κ1) is 12.9. The molecule has 1 rings (SSSR count). The topological polar surface area (TPSA) is 104 Å². The lowest BCUT2D eigenvalue weighted by molar-refractivity contribution is -0.533. The summed E-state index contributed by atoms with van der Waals surface area (Å²) in [5.41, 5.74) is -0.443. The first-order valence-corrected chi connectivity index (χ1v) is 4.77. The number of rotatable bonds is 3. The van der Waals surface area contributed by atoms with Gasteiger partial charge < -0.3 is 5.11 Å². The largest absolute Gasteiger partial charge is 0.478 e. The highest BCUT2D eigenvalue weighted by Crippen LogP contribution is 2.38. The number of aliphatic carboxylic acids is 1. The number of carboxylic acids is 1. The molecule has 1 aliphatic carbocycles. The number of nitro groups is 1. The zero-order valence-electron chi connectivity index (χ0n) is 8.46. The standard InChI is InChI=1S/C10H7ClN2O4/c1-6(9(14)15)7-3-2-4-10(11,13(16)17)8(7)5-12/h2-4,8H,1H2,(H,14,15). The summed E-state index contributed by atoms with van der Waals surface area (Å²) >= 11 is 5.74. The minimum absolute atomic E-state index is 0.0609. The molecule has 1 N–H and O–H groups in total. The van der Waals surface area contributed by atoms with Gasteiger partial charge in [-0.25, -0.2) is 4.79 Å². The van der Waals surface area contributed by atoms with Gasteiger partial charge in [0.25, 0.3) is 0 Å². The molecule has 0 saturated carbocycles. The minimum Gasteiger partial charge on any atom is -0.478 e. The Balaban J connectivity index is 3.28. The molecule has 0 aliphatic heterocycles. The number of hydrogen-bond acceptors (Lipinski definition) is 4. The van der Waals surface area contributed by atoms with Gasteiger partial charge in [-0.05, 0) is 17.2 Å². The summed E-state index contributed by atoms with van der Waals surface area (Å²) in [6, 6.07) is 1.64. The SMILES string of the molecule is C=C(C(=O)O)C1=CC=CC(Cl)([N+](=O)[O-])C1C#N. The maximum Gasteiger partial charge on any atom is 0.335 e. The predicted molar refractivity (Wildman–Crippen MR) is 58.7 cm³/mol. The Hall–Kier alpha value is -2.13. The van der Waals surface area contributed by atoms with E-state index in [1.165, 1.54) is 12.2 Å². The lowest BCUT2D eigenvalue weighted by atomic mass is 9.84. The second kappa shape index (κ2) is 4.39. The van der Waals surface area contributed by atoms with Crippen LogP contribution in [0.2, 0.25) is 0 Å². The van der Waals surface area contributed by atoms with E-state index in [0.29, 0.717) is 0 Å². The van der Waals surface area contributed by atoms with E-state index < -0.39 is 21.8 Å². The van der Waals surface area contributed by atoms with Crippen molar-refractivity contribution in [3.05, 3.63) is 46.1 Å². The summed E-state index contributed by atoms with van der Waals surface area (Å²) in [7, 11) is 0. The molecule has 0 aromatic heterocycles. The molecule has 6 nitrogen and oxygen atoms in total. The molecule has 0 saturated heterocycles. The van der Waals surface area contributed by atoms with Crippen LogP contribution in [0.25, 0.3) is 0 Å². The van der Waals surface area contributed by atoms with E-state index in [4.69, 9.17) is 22.0 Å². The average molecular weight is 255 g/mol. The first-order chi connectivity index (χ1) is 7.84. The Morgan fingerprint density at radius 2 is 2.35 bits per heavy atom. The fourth-order valence-corrected chi connectivity index (χ4v) is 1.66. The maximum absolute atomic E-state index is 10.9. The van der Waals surface area contributed by atoms with Gasteiger partial charge in [0, 0.05) is 11.0 Å². The van der Waals surface area contributed by atoms with Crippen LogP contribution in [-0.4, -0.2) is 21.0 Å². The molecule has 17 heavy (non-hydrogen) atoms. The van der Waals surface area contributed by atoms with Crippen molar-refractivity contribution in [2.45, 2.75) is 5.00 Å². The van der Waals surface area contributed by atoms with Crippen LogP contribution in [-0.2, 0) is 4.79 Å². The van der Waals surface area contributed by atoms with E-state index in [-0.39, 0.29) is 11.1 Å². The van der Waals surface area contributed by atoms with Crippen LogP contribution in [0.3, 0.4) is 0 Å². The molecule has 88 valence electrons. The molecule has 7 heteroatoms. The van der Waals surface area contributed by atoms with Crippen molar-refractivity contribution in [3.63, 3.8) is 0 Å². The Morgan fingerprint density at radius 1 is 1.76 bits per heavy atom. The molecular weight excluding hydrogens is 248 g/mol. The van der Waals surface area contributed by atoms with E-state index in [1.54, 1.807) is 6.07 Å². The number of alkyl halides is 1. The van der Waals surface area contributed by atoms with Gasteiger partial charge >= 0.3 is 11.0 Å². The number of hydrogen-bond donors (Lipinski definition) is 1. The Kier molecular flexibility index (Phi) is 3.34. The molecule has 0 aromatic carbocycles.